The van der Waals surface area contributed by atoms with Crippen molar-refractivity contribution in [3.63, 3.8) is 0 Å². The SMILES string of the molecule is CCCc1ccc(N(c2ccccc2)c2cc3c4ccccc4c(N(c4ccccc4)c4ccc(CCC)cc4)cc3c3ccccc23)cc1. The first kappa shape index (κ1) is 31.4. The van der Waals surface area contributed by atoms with Gasteiger partial charge in [-0.2, -0.15) is 0 Å². The van der Waals surface area contributed by atoms with Gasteiger partial charge in [-0.15, -0.1) is 0 Å². The summed E-state index contributed by atoms with van der Waals surface area (Å²) in [6, 6.07) is 62.5. The zero-order valence-corrected chi connectivity index (χ0v) is 28.9. The quantitative estimate of drug-likeness (QED) is 0.136. The third-order valence-corrected chi connectivity index (χ3v) is 9.82. The second kappa shape index (κ2) is 13.9. The molecule has 0 bridgehead atoms. The van der Waals surface area contributed by atoms with Gasteiger partial charge in [-0.3, -0.25) is 0 Å². The first-order chi connectivity index (χ1) is 24.7. The molecule has 0 saturated carbocycles. The summed E-state index contributed by atoms with van der Waals surface area (Å²) in [5.74, 6) is 0. The average Bonchev–Trinajstić information content (AvgIpc) is 3.18. The fraction of sp³-hybridized carbons (Fsp3) is 0.125. The standard InChI is InChI=1S/C48H42N2/c1-3-15-35-25-29-39(30-26-35)49(37-17-7-5-8-18-37)47-33-45-42-22-12-14-24-44(42)48(34-46(45)41-21-11-13-23-43(41)47)50(38-19-9-6-10-20-38)40-31-27-36(16-4-2)28-32-40/h5-14,17-34H,3-4,15-16H2,1-2H3. The van der Waals surface area contributed by atoms with Crippen LogP contribution in [0.25, 0.3) is 32.3 Å². The molecular weight excluding hydrogens is 605 g/mol. The van der Waals surface area contributed by atoms with E-state index in [-0.39, 0.29) is 0 Å². The highest BCUT2D eigenvalue weighted by Gasteiger charge is 2.22. The summed E-state index contributed by atoms with van der Waals surface area (Å²) >= 11 is 0. The summed E-state index contributed by atoms with van der Waals surface area (Å²) in [6.45, 7) is 4.48. The van der Waals surface area contributed by atoms with Crippen LogP contribution in [0.4, 0.5) is 34.1 Å². The molecule has 0 saturated heterocycles. The van der Waals surface area contributed by atoms with Crippen molar-refractivity contribution in [1.29, 1.82) is 0 Å². The van der Waals surface area contributed by atoms with Crippen molar-refractivity contribution in [1.82, 2.24) is 0 Å². The first-order valence-corrected chi connectivity index (χ1v) is 18.0. The Bertz CT molecular complexity index is 2210. The lowest BCUT2D eigenvalue weighted by atomic mass is 9.93. The Morgan fingerprint density at radius 3 is 1.00 bits per heavy atom. The third kappa shape index (κ3) is 5.88. The van der Waals surface area contributed by atoms with Crippen molar-refractivity contribution in [2.75, 3.05) is 9.80 Å². The molecule has 8 aromatic carbocycles. The van der Waals surface area contributed by atoms with E-state index in [9.17, 15) is 0 Å². The zero-order chi connectivity index (χ0) is 33.9. The van der Waals surface area contributed by atoms with Crippen molar-refractivity contribution in [3.05, 3.63) is 181 Å². The van der Waals surface area contributed by atoms with Crippen LogP contribution >= 0.6 is 0 Å². The lowest BCUT2D eigenvalue weighted by Crippen LogP contribution is -2.12. The van der Waals surface area contributed by atoms with E-state index < -0.39 is 0 Å². The summed E-state index contributed by atoms with van der Waals surface area (Å²) in [5.41, 5.74) is 9.68. The predicted octanol–water partition coefficient (Wildman–Crippen LogP) is 14.0. The summed E-state index contributed by atoms with van der Waals surface area (Å²) in [5, 5.41) is 7.40. The molecule has 244 valence electrons. The maximum atomic E-state index is 2.42. The number of benzene rings is 8. The normalized spacial score (nSPS) is 11.3. The molecule has 0 unspecified atom stereocenters. The summed E-state index contributed by atoms with van der Waals surface area (Å²) < 4.78 is 0. The maximum absolute atomic E-state index is 2.42. The fourth-order valence-corrected chi connectivity index (χ4v) is 7.49. The van der Waals surface area contributed by atoms with Crippen molar-refractivity contribution in [3.8, 4) is 0 Å². The molecule has 0 radical (unpaired) electrons. The molecule has 0 aliphatic carbocycles. The Hall–Kier alpha value is -5.86. The molecule has 8 aromatic rings. The minimum absolute atomic E-state index is 1.09. The van der Waals surface area contributed by atoms with E-state index in [2.05, 4.69) is 194 Å². The molecule has 0 heterocycles. The van der Waals surface area contributed by atoms with Gasteiger partial charge in [0, 0.05) is 33.5 Å². The van der Waals surface area contributed by atoms with Crippen LogP contribution in [0.2, 0.25) is 0 Å². The van der Waals surface area contributed by atoms with Gasteiger partial charge >= 0.3 is 0 Å². The van der Waals surface area contributed by atoms with Gasteiger partial charge in [-0.05, 0) is 106 Å². The van der Waals surface area contributed by atoms with E-state index in [1.807, 2.05) is 0 Å². The van der Waals surface area contributed by atoms with Crippen molar-refractivity contribution < 1.29 is 0 Å². The van der Waals surface area contributed by atoms with E-state index in [0.29, 0.717) is 0 Å². The number of fused-ring (bicyclic) bond motifs is 5. The Morgan fingerprint density at radius 2 is 0.640 bits per heavy atom. The topological polar surface area (TPSA) is 6.48 Å². The molecule has 0 spiro atoms. The van der Waals surface area contributed by atoms with Crippen LogP contribution in [0.3, 0.4) is 0 Å². The van der Waals surface area contributed by atoms with E-state index in [1.54, 1.807) is 0 Å². The second-order valence-corrected chi connectivity index (χ2v) is 13.2. The van der Waals surface area contributed by atoms with Crippen molar-refractivity contribution in [2.24, 2.45) is 0 Å². The Balaban J connectivity index is 1.41. The largest absolute Gasteiger partial charge is 0.310 e. The number of nitrogens with zero attached hydrogens (tertiary/aromatic N) is 2. The van der Waals surface area contributed by atoms with Crippen LogP contribution in [-0.4, -0.2) is 0 Å². The monoisotopic (exact) mass is 646 g/mol. The van der Waals surface area contributed by atoms with E-state index in [4.69, 9.17) is 0 Å². The van der Waals surface area contributed by atoms with Gasteiger partial charge in [-0.1, -0.05) is 136 Å². The fourth-order valence-electron chi connectivity index (χ4n) is 7.49. The molecule has 2 heteroatoms. The van der Waals surface area contributed by atoms with E-state index >= 15 is 0 Å². The molecule has 8 rings (SSSR count). The minimum Gasteiger partial charge on any atom is -0.310 e. The molecule has 0 aliphatic rings. The first-order valence-electron chi connectivity index (χ1n) is 18.0. The molecule has 0 N–H and O–H groups in total. The van der Waals surface area contributed by atoms with E-state index in [0.717, 1.165) is 48.4 Å². The Kier molecular flexibility index (Phi) is 8.76. The number of aryl methyl sites for hydroxylation is 2. The smallest absolute Gasteiger partial charge is 0.0546 e. The molecule has 0 amide bonds. The van der Waals surface area contributed by atoms with Gasteiger partial charge in [0.05, 0.1) is 11.4 Å². The van der Waals surface area contributed by atoms with Gasteiger partial charge in [-0.25, -0.2) is 0 Å². The predicted molar refractivity (Wildman–Crippen MR) is 216 cm³/mol. The van der Waals surface area contributed by atoms with Crippen molar-refractivity contribution >= 4 is 66.4 Å². The third-order valence-electron chi connectivity index (χ3n) is 9.82. The second-order valence-electron chi connectivity index (χ2n) is 13.2. The zero-order valence-electron chi connectivity index (χ0n) is 28.9. The van der Waals surface area contributed by atoms with Gasteiger partial charge in [0.1, 0.15) is 0 Å². The number of hydrogen-bond donors (Lipinski definition) is 0. The molecular formula is C48H42N2. The molecule has 0 aromatic heterocycles. The van der Waals surface area contributed by atoms with Gasteiger partial charge in [0.25, 0.3) is 0 Å². The van der Waals surface area contributed by atoms with Crippen LogP contribution in [0.5, 0.6) is 0 Å². The van der Waals surface area contributed by atoms with Crippen LogP contribution in [0, 0.1) is 0 Å². The minimum atomic E-state index is 1.09. The molecule has 50 heavy (non-hydrogen) atoms. The summed E-state index contributed by atoms with van der Waals surface area (Å²) in [7, 11) is 0. The maximum Gasteiger partial charge on any atom is 0.0546 e. The van der Waals surface area contributed by atoms with Crippen LogP contribution in [0.15, 0.2) is 170 Å². The molecule has 2 nitrogen and oxygen atoms in total. The van der Waals surface area contributed by atoms with Gasteiger partial charge < -0.3 is 9.80 Å². The highest BCUT2D eigenvalue weighted by atomic mass is 15.1. The number of anilines is 6. The van der Waals surface area contributed by atoms with Gasteiger partial charge in [0.2, 0.25) is 0 Å². The van der Waals surface area contributed by atoms with E-state index in [1.165, 1.54) is 54.8 Å². The molecule has 0 atom stereocenters. The summed E-state index contributed by atoms with van der Waals surface area (Å²) in [6.07, 6.45) is 4.44. The highest BCUT2D eigenvalue weighted by Crippen LogP contribution is 2.47. The van der Waals surface area contributed by atoms with Crippen molar-refractivity contribution in [2.45, 2.75) is 39.5 Å². The Morgan fingerprint density at radius 1 is 0.320 bits per heavy atom. The Labute approximate surface area is 295 Å². The van der Waals surface area contributed by atoms with Crippen LogP contribution < -0.4 is 9.80 Å². The van der Waals surface area contributed by atoms with Crippen LogP contribution in [-0.2, 0) is 12.8 Å². The summed E-state index contributed by atoms with van der Waals surface area (Å²) in [4.78, 5) is 4.85. The lowest BCUT2D eigenvalue weighted by molar-refractivity contribution is 0.922. The lowest BCUT2D eigenvalue weighted by Gasteiger charge is -2.30. The number of para-hydroxylation sites is 2. The number of hydrogen-bond acceptors (Lipinski definition) is 2. The molecule has 0 aliphatic heterocycles. The van der Waals surface area contributed by atoms with Gasteiger partial charge in [0.15, 0.2) is 0 Å². The molecule has 0 fully saturated rings. The van der Waals surface area contributed by atoms with Crippen LogP contribution in [0.1, 0.15) is 37.8 Å². The number of rotatable bonds is 10. The highest BCUT2D eigenvalue weighted by molar-refractivity contribution is 6.24. The average molecular weight is 647 g/mol.